The second kappa shape index (κ2) is 3.57. The maximum absolute atomic E-state index is 9.22. The number of hydrogen-bond donors (Lipinski definition) is 2. The van der Waals surface area contributed by atoms with E-state index in [-0.39, 0.29) is 6.10 Å². The minimum absolute atomic E-state index is 0.180. The second-order valence-corrected chi connectivity index (χ2v) is 2.69. The van der Waals surface area contributed by atoms with E-state index in [1.165, 1.54) is 0 Å². The number of aliphatic hydroxyl groups is 1. The van der Waals surface area contributed by atoms with E-state index in [2.05, 4.69) is 10.3 Å². The molecule has 1 rings (SSSR count). The van der Waals surface area contributed by atoms with Gasteiger partial charge in [0.1, 0.15) is 0 Å². The summed E-state index contributed by atoms with van der Waals surface area (Å²) in [5.41, 5.74) is 0. The summed E-state index contributed by atoms with van der Waals surface area (Å²) in [5, 5.41) is 12.2. The highest BCUT2D eigenvalue weighted by atomic mass is 16.3. The van der Waals surface area contributed by atoms with Crippen LogP contribution in [0.4, 0.5) is 0 Å². The third-order valence-electron chi connectivity index (χ3n) is 1.90. The number of aliphatic hydroxyl groups excluding tert-OH is 1. The zero-order chi connectivity index (χ0) is 8.27. The van der Waals surface area contributed by atoms with Gasteiger partial charge in [-0.15, -0.1) is 0 Å². The Balaban J connectivity index is 2.48. The molecule has 64 valence electrons. The minimum atomic E-state index is -0.180. The van der Waals surface area contributed by atoms with Gasteiger partial charge in [-0.2, -0.15) is 0 Å². The molecule has 11 heavy (non-hydrogen) atoms. The van der Waals surface area contributed by atoms with Gasteiger partial charge in [-0.3, -0.25) is 4.99 Å². The molecule has 0 aliphatic carbocycles. The molecule has 0 aromatic heterocycles. The van der Waals surface area contributed by atoms with E-state index in [1.54, 1.807) is 7.05 Å². The number of β-amino-alcohol motifs (C(OH)–C–C–N with tert-alkyl or cyclic N) is 1. The summed E-state index contributed by atoms with van der Waals surface area (Å²) in [7, 11) is 3.59. The fourth-order valence-corrected chi connectivity index (χ4v) is 1.35. The Morgan fingerprint density at radius 1 is 1.73 bits per heavy atom. The Kier molecular flexibility index (Phi) is 2.70. The predicted octanol–water partition coefficient (Wildman–Crippen LogP) is -0.742. The summed E-state index contributed by atoms with van der Waals surface area (Å²) in [4.78, 5) is 6.09. The van der Waals surface area contributed by atoms with E-state index in [4.69, 9.17) is 0 Å². The van der Waals surface area contributed by atoms with Crippen LogP contribution in [0, 0.1) is 0 Å². The molecule has 0 aromatic rings. The SMILES string of the molecule is CN=C(NC)N1CCC(O)C1. The average molecular weight is 157 g/mol. The van der Waals surface area contributed by atoms with Crippen molar-refractivity contribution < 1.29 is 5.11 Å². The molecule has 0 radical (unpaired) electrons. The molecule has 0 aromatic carbocycles. The molecule has 4 heteroatoms. The number of nitrogens with zero attached hydrogens (tertiary/aromatic N) is 2. The Hall–Kier alpha value is -0.770. The third-order valence-corrected chi connectivity index (χ3v) is 1.90. The summed E-state index contributed by atoms with van der Waals surface area (Å²) in [6.07, 6.45) is 0.667. The number of rotatable bonds is 0. The van der Waals surface area contributed by atoms with Crippen LogP contribution in [0.3, 0.4) is 0 Å². The monoisotopic (exact) mass is 157 g/mol. The highest BCUT2D eigenvalue weighted by Crippen LogP contribution is 2.07. The van der Waals surface area contributed by atoms with Gasteiger partial charge >= 0.3 is 0 Å². The molecule has 0 bridgehead atoms. The van der Waals surface area contributed by atoms with E-state index < -0.39 is 0 Å². The van der Waals surface area contributed by atoms with Crippen LogP contribution < -0.4 is 5.32 Å². The Morgan fingerprint density at radius 2 is 2.45 bits per heavy atom. The molecule has 1 fully saturated rings. The number of nitrogens with one attached hydrogen (secondary N) is 1. The Bertz CT molecular complexity index is 158. The van der Waals surface area contributed by atoms with Crippen LogP contribution in [0.15, 0.2) is 4.99 Å². The molecule has 2 N–H and O–H groups in total. The Morgan fingerprint density at radius 3 is 2.82 bits per heavy atom. The molecular formula is C7H15N3O. The lowest BCUT2D eigenvalue weighted by Gasteiger charge is -2.18. The van der Waals surface area contributed by atoms with Gasteiger partial charge in [0.25, 0.3) is 0 Å². The molecule has 4 nitrogen and oxygen atoms in total. The number of hydrogen-bond acceptors (Lipinski definition) is 2. The van der Waals surface area contributed by atoms with Crippen LogP contribution in [0.2, 0.25) is 0 Å². The number of likely N-dealkylation sites (tertiary alicyclic amines) is 1. The average Bonchev–Trinajstić information content (AvgIpc) is 2.39. The summed E-state index contributed by atoms with van der Waals surface area (Å²) >= 11 is 0. The maximum Gasteiger partial charge on any atom is 0.193 e. The lowest BCUT2D eigenvalue weighted by atomic mass is 10.3. The fraction of sp³-hybridized carbons (Fsp3) is 0.857. The standard InChI is InChI=1S/C7H15N3O/c1-8-7(9-2)10-4-3-6(11)5-10/h6,11H,3-5H2,1-2H3,(H,8,9). The van der Waals surface area contributed by atoms with Gasteiger partial charge in [0.05, 0.1) is 6.10 Å². The third kappa shape index (κ3) is 1.83. The van der Waals surface area contributed by atoms with Gasteiger partial charge in [0, 0.05) is 27.2 Å². The number of guanidine groups is 1. The summed E-state index contributed by atoms with van der Waals surface area (Å²) in [5.74, 6) is 0.863. The van der Waals surface area contributed by atoms with Crippen molar-refractivity contribution in [1.82, 2.24) is 10.2 Å². The molecule has 0 spiro atoms. The highest BCUT2D eigenvalue weighted by Gasteiger charge is 2.21. The van der Waals surface area contributed by atoms with Crippen molar-refractivity contribution in [1.29, 1.82) is 0 Å². The van der Waals surface area contributed by atoms with Gasteiger partial charge in [-0.1, -0.05) is 0 Å². The molecule has 0 saturated carbocycles. The summed E-state index contributed by atoms with van der Waals surface area (Å²) < 4.78 is 0. The topological polar surface area (TPSA) is 47.9 Å². The second-order valence-electron chi connectivity index (χ2n) is 2.69. The molecule has 1 aliphatic heterocycles. The van der Waals surface area contributed by atoms with E-state index in [0.29, 0.717) is 6.54 Å². The maximum atomic E-state index is 9.22. The van der Waals surface area contributed by atoms with Crippen LogP contribution in [-0.2, 0) is 0 Å². The molecule has 1 atom stereocenters. The Labute approximate surface area is 66.9 Å². The predicted molar refractivity (Wildman–Crippen MR) is 44.6 cm³/mol. The highest BCUT2D eigenvalue weighted by molar-refractivity contribution is 5.79. The first-order valence-electron chi connectivity index (χ1n) is 3.85. The molecule has 0 amide bonds. The van der Waals surface area contributed by atoms with E-state index >= 15 is 0 Å². The van der Waals surface area contributed by atoms with Crippen molar-refractivity contribution in [2.24, 2.45) is 4.99 Å². The minimum Gasteiger partial charge on any atom is -0.391 e. The first-order valence-corrected chi connectivity index (χ1v) is 3.85. The molecule has 1 aliphatic rings. The summed E-state index contributed by atoms with van der Waals surface area (Å²) in [6, 6.07) is 0. The molecule has 1 heterocycles. The number of aliphatic imine (C=N–C) groups is 1. The zero-order valence-electron chi connectivity index (χ0n) is 7.04. The van der Waals surface area contributed by atoms with Crippen LogP contribution in [0.5, 0.6) is 0 Å². The van der Waals surface area contributed by atoms with Crippen LogP contribution >= 0.6 is 0 Å². The van der Waals surface area contributed by atoms with Crippen molar-refractivity contribution in [3.63, 3.8) is 0 Å². The van der Waals surface area contributed by atoms with Crippen molar-refractivity contribution in [3.05, 3.63) is 0 Å². The smallest absolute Gasteiger partial charge is 0.193 e. The largest absolute Gasteiger partial charge is 0.391 e. The van der Waals surface area contributed by atoms with Crippen LogP contribution in [-0.4, -0.2) is 49.3 Å². The van der Waals surface area contributed by atoms with Crippen molar-refractivity contribution >= 4 is 5.96 Å². The quantitative estimate of drug-likeness (QED) is 0.359. The summed E-state index contributed by atoms with van der Waals surface area (Å²) in [6.45, 7) is 1.60. The van der Waals surface area contributed by atoms with Crippen molar-refractivity contribution in [3.8, 4) is 0 Å². The molecule has 1 saturated heterocycles. The van der Waals surface area contributed by atoms with Crippen LogP contribution in [0.25, 0.3) is 0 Å². The fourth-order valence-electron chi connectivity index (χ4n) is 1.35. The lowest BCUT2D eigenvalue weighted by Crippen LogP contribution is -2.38. The van der Waals surface area contributed by atoms with Gasteiger partial charge in [0.2, 0.25) is 0 Å². The van der Waals surface area contributed by atoms with E-state index in [1.807, 2.05) is 11.9 Å². The van der Waals surface area contributed by atoms with Gasteiger partial charge < -0.3 is 15.3 Å². The van der Waals surface area contributed by atoms with E-state index in [9.17, 15) is 5.11 Å². The molecular weight excluding hydrogens is 142 g/mol. The van der Waals surface area contributed by atoms with E-state index in [0.717, 1.165) is 18.9 Å². The van der Waals surface area contributed by atoms with Gasteiger partial charge in [-0.05, 0) is 6.42 Å². The van der Waals surface area contributed by atoms with Crippen molar-refractivity contribution in [2.75, 3.05) is 27.2 Å². The lowest BCUT2D eigenvalue weighted by molar-refractivity contribution is 0.188. The van der Waals surface area contributed by atoms with Gasteiger partial charge in [0.15, 0.2) is 5.96 Å². The zero-order valence-corrected chi connectivity index (χ0v) is 7.04. The van der Waals surface area contributed by atoms with Crippen LogP contribution in [0.1, 0.15) is 6.42 Å². The van der Waals surface area contributed by atoms with Crippen molar-refractivity contribution in [2.45, 2.75) is 12.5 Å². The molecule has 1 unspecified atom stereocenters. The van der Waals surface area contributed by atoms with Gasteiger partial charge in [-0.25, -0.2) is 0 Å². The first kappa shape index (κ1) is 8.33. The normalized spacial score (nSPS) is 25.9. The first-order chi connectivity index (χ1) is 5.27.